The van der Waals surface area contributed by atoms with E-state index in [1.807, 2.05) is 19.1 Å². The van der Waals surface area contributed by atoms with Crippen LogP contribution in [-0.2, 0) is 4.79 Å². The van der Waals surface area contributed by atoms with Crippen molar-refractivity contribution >= 4 is 17.5 Å². The van der Waals surface area contributed by atoms with Gasteiger partial charge in [-0.3, -0.25) is 4.79 Å². The van der Waals surface area contributed by atoms with Gasteiger partial charge in [0.2, 0.25) is 5.91 Å². The third kappa shape index (κ3) is 3.90. The van der Waals surface area contributed by atoms with E-state index in [9.17, 15) is 4.79 Å². The summed E-state index contributed by atoms with van der Waals surface area (Å²) >= 11 is 5.75. The van der Waals surface area contributed by atoms with E-state index in [2.05, 4.69) is 5.32 Å². The number of hydrogen-bond donors (Lipinski definition) is 2. The molecule has 1 unspecified atom stereocenters. The normalized spacial score (nSPS) is 12.2. The number of carbonyl (C=O) groups is 1. The summed E-state index contributed by atoms with van der Waals surface area (Å²) in [5.41, 5.74) is 6.79. The molecule has 1 atom stereocenters. The van der Waals surface area contributed by atoms with Crippen LogP contribution >= 0.6 is 11.6 Å². The van der Waals surface area contributed by atoms with Crippen LogP contribution in [0.25, 0.3) is 0 Å². The predicted molar refractivity (Wildman–Crippen MR) is 61.7 cm³/mol. The molecule has 4 heteroatoms. The molecule has 0 spiro atoms. The molecule has 0 aromatic heterocycles. The van der Waals surface area contributed by atoms with Crippen LogP contribution in [0.4, 0.5) is 0 Å². The summed E-state index contributed by atoms with van der Waals surface area (Å²) in [6.45, 7) is 2.51. The molecular weight excluding hydrogens is 212 g/mol. The van der Waals surface area contributed by atoms with E-state index in [-0.39, 0.29) is 11.9 Å². The van der Waals surface area contributed by atoms with E-state index in [4.69, 9.17) is 17.3 Å². The largest absolute Gasteiger partial charge is 0.356 e. The highest BCUT2D eigenvalue weighted by Crippen LogP contribution is 2.16. The lowest BCUT2D eigenvalue weighted by atomic mass is 10.0. The van der Waals surface area contributed by atoms with Crippen LogP contribution in [0.2, 0.25) is 5.02 Å². The summed E-state index contributed by atoms with van der Waals surface area (Å²) < 4.78 is 0. The molecule has 0 aliphatic carbocycles. The minimum atomic E-state index is -0.270. The lowest BCUT2D eigenvalue weighted by Gasteiger charge is -2.11. The fourth-order valence-corrected chi connectivity index (χ4v) is 1.42. The summed E-state index contributed by atoms with van der Waals surface area (Å²) in [7, 11) is 0. The van der Waals surface area contributed by atoms with Gasteiger partial charge in [0.1, 0.15) is 0 Å². The van der Waals surface area contributed by atoms with Gasteiger partial charge in [-0.1, -0.05) is 23.7 Å². The number of nitrogens with two attached hydrogens (primary N) is 1. The van der Waals surface area contributed by atoms with Crippen molar-refractivity contribution < 1.29 is 4.79 Å². The predicted octanol–water partition coefficient (Wildman–Crippen LogP) is 1.87. The van der Waals surface area contributed by atoms with Gasteiger partial charge in [-0.2, -0.15) is 0 Å². The van der Waals surface area contributed by atoms with Crippen LogP contribution in [0.5, 0.6) is 0 Å². The number of amides is 1. The highest BCUT2D eigenvalue weighted by Gasteiger charge is 2.10. The third-order valence-electron chi connectivity index (χ3n) is 2.08. The number of hydrogen-bond acceptors (Lipinski definition) is 2. The molecule has 1 aromatic rings. The van der Waals surface area contributed by atoms with Gasteiger partial charge in [0.05, 0.1) is 0 Å². The van der Waals surface area contributed by atoms with Crippen LogP contribution < -0.4 is 11.1 Å². The molecule has 1 rings (SSSR count). The second-order valence-electron chi connectivity index (χ2n) is 3.32. The number of carbonyl (C=O) groups excluding carboxylic acids is 1. The van der Waals surface area contributed by atoms with Gasteiger partial charge in [-0.05, 0) is 24.6 Å². The Labute approximate surface area is 94.6 Å². The quantitative estimate of drug-likeness (QED) is 0.824. The van der Waals surface area contributed by atoms with E-state index in [1.165, 1.54) is 0 Å². The molecule has 0 aliphatic heterocycles. The van der Waals surface area contributed by atoms with Gasteiger partial charge in [0.15, 0.2) is 0 Å². The highest BCUT2D eigenvalue weighted by molar-refractivity contribution is 6.30. The molecule has 0 heterocycles. The minimum Gasteiger partial charge on any atom is -0.356 e. The molecule has 0 fully saturated rings. The average Bonchev–Trinajstić information content (AvgIpc) is 2.18. The van der Waals surface area contributed by atoms with Crippen LogP contribution in [-0.4, -0.2) is 12.5 Å². The molecule has 0 aliphatic rings. The van der Waals surface area contributed by atoms with Gasteiger partial charge in [-0.25, -0.2) is 0 Å². The van der Waals surface area contributed by atoms with E-state index >= 15 is 0 Å². The van der Waals surface area contributed by atoms with Crippen molar-refractivity contribution in [2.75, 3.05) is 6.54 Å². The van der Waals surface area contributed by atoms with Crippen LogP contribution in [0.3, 0.4) is 0 Å². The smallest absolute Gasteiger partial charge is 0.221 e. The van der Waals surface area contributed by atoms with Crippen molar-refractivity contribution in [3.8, 4) is 0 Å². The summed E-state index contributed by atoms with van der Waals surface area (Å²) in [5.74, 6) is -0.0278. The molecule has 3 N–H and O–H groups in total. The fourth-order valence-electron chi connectivity index (χ4n) is 1.30. The summed E-state index contributed by atoms with van der Waals surface area (Å²) in [6, 6.07) is 6.95. The van der Waals surface area contributed by atoms with Gasteiger partial charge in [-0.15, -0.1) is 0 Å². The average molecular weight is 227 g/mol. The van der Waals surface area contributed by atoms with E-state index in [1.54, 1.807) is 12.1 Å². The van der Waals surface area contributed by atoms with Gasteiger partial charge in [0, 0.05) is 24.0 Å². The lowest BCUT2D eigenvalue weighted by molar-refractivity contribution is -0.121. The molecule has 0 bridgehead atoms. The molecule has 3 nitrogen and oxygen atoms in total. The van der Waals surface area contributed by atoms with Crippen molar-refractivity contribution in [3.63, 3.8) is 0 Å². The zero-order valence-corrected chi connectivity index (χ0v) is 9.42. The molecular formula is C11H15ClN2O. The molecule has 82 valence electrons. The molecule has 15 heavy (non-hydrogen) atoms. The summed E-state index contributed by atoms with van der Waals surface area (Å²) in [4.78, 5) is 11.3. The first-order valence-electron chi connectivity index (χ1n) is 4.91. The van der Waals surface area contributed by atoms with Crippen LogP contribution in [0.15, 0.2) is 24.3 Å². The second kappa shape index (κ2) is 5.73. The molecule has 0 saturated carbocycles. The highest BCUT2D eigenvalue weighted by atomic mass is 35.5. The Kier molecular flexibility index (Phi) is 4.59. The number of halogens is 1. The van der Waals surface area contributed by atoms with Crippen molar-refractivity contribution in [1.82, 2.24) is 5.32 Å². The lowest BCUT2D eigenvalue weighted by Crippen LogP contribution is -2.27. The van der Waals surface area contributed by atoms with Gasteiger partial charge < -0.3 is 11.1 Å². The Morgan fingerprint density at radius 1 is 1.47 bits per heavy atom. The first-order chi connectivity index (χ1) is 7.13. The Morgan fingerprint density at radius 2 is 2.07 bits per heavy atom. The first-order valence-corrected chi connectivity index (χ1v) is 5.29. The van der Waals surface area contributed by atoms with E-state index in [0.717, 1.165) is 5.56 Å². The molecule has 0 radical (unpaired) electrons. The van der Waals surface area contributed by atoms with Gasteiger partial charge >= 0.3 is 0 Å². The fraction of sp³-hybridized carbons (Fsp3) is 0.364. The monoisotopic (exact) mass is 226 g/mol. The second-order valence-corrected chi connectivity index (χ2v) is 3.75. The number of benzene rings is 1. The third-order valence-corrected chi connectivity index (χ3v) is 2.33. The Morgan fingerprint density at radius 3 is 2.60 bits per heavy atom. The minimum absolute atomic E-state index is 0.0278. The summed E-state index contributed by atoms with van der Waals surface area (Å²) in [5, 5.41) is 3.38. The van der Waals surface area contributed by atoms with Gasteiger partial charge in [0.25, 0.3) is 0 Å². The van der Waals surface area contributed by atoms with Crippen molar-refractivity contribution in [1.29, 1.82) is 0 Å². The number of rotatable bonds is 4. The standard InChI is InChI=1S/C11H15ClN2O/c1-2-14-11(15)7-10(13)8-3-5-9(12)6-4-8/h3-6,10H,2,7,13H2,1H3,(H,14,15). The van der Waals surface area contributed by atoms with Crippen molar-refractivity contribution in [2.24, 2.45) is 5.73 Å². The Bertz CT molecular complexity index is 324. The first kappa shape index (κ1) is 12.0. The zero-order valence-electron chi connectivity index (χ0n) is 8.66. The Hall–Kier alpha value is -1.06. The maximum atomic E-state index is 11.3. The maximum absolute atomic E-state index is 11.3. The van der Waals surface area contributed by atoms with Crippen LogP contribution in [0, 0.1) is 0 Å². The Balaban J connectivity index is 2.57. The number of nitrogens with one attached hydrogen (secondary N) is 1. The van der Waals surface area contributed by atoms with Crippen LogP contribution in [0.1, 0.15) is 24.9 Å². The SMILES string of the molecule is CCNC(=O)CC(N)c1ccc(Cl)cc1. The van der Waals surface area contributed by atoms with E-state index in [0.29, 0.717) is 18.0 Å². The maximum Gasteiger partial charge on any atom is 0.221 e. The van der Waals surface area contributed by atoms with Crippen molar-refractivity contribution in [2.45, 2.75) is 19.4 Å². The topological polar surface area (TPSA) is 55.1 Å². The zero-order chi connectivity index (χ0) is 11.3. The summed E-state index contributed by atoms with van der Waals surface area (Å²) in [6.07, 6.45) is 0.301. The van der Waals surface area contributed by atoms with E-state index < -0.39 is 0 Å². The van der Waals surface area contributed by atoms with Crippen molar-refractivity contribution in [3.05, 3.63) is 34.9 Å². The molecule has 1 aromatic carbocycles. The molecule has 0 saturated heterocycles. The molecule has 1 amide bonds.